The number of nitrogens with one attached hydrogen (secondary N) is 1. The second-order valence-corrected chi connectivity index (χ2v) is 10.4. The van der Waals surface area contributed by atoms with Crippen LogP contribution in [-0.2, 0) is 21.4 Å². The number of benzene rings is 1. The largest absolute Gasteiger partial charge is 0.504 e. The molecule has 0 saturated heterocycles. The van der Waals surface area contributed by atoms with Crippen molar-refractivity contribution in [1.82, 2.24) is 9.29 Å². The van der Waals surface area contributed by atoms with Crippen molar-refractivity contribution in [2.75, 3.05) is 12.4 Å². The predicted octanol–water partition coefficient (Wildman–Crippen LogP) is 4.15. The number of aromatic nitrogens is 1. The highest BCUT2D eigenvalue weighted by molar-refractivity contribution is 7.89. The summed E-state index contributed by atoms with van der Waals surface area (Å²) in [7, 11) is -2.97. The Morgan fingerprint density at radius 2 is 2.03 bits per heavy atom. The number of aliphatic hydroxyl groups excluding tert-OH is 1. The number of nitrogens with zero attached hydrogens (tertiary/aromatic N) is 2. The molecular weight excluding hydrogens is 500 g/mol. The number of anilines is 1. The van der Waals surface area contributed by atoms with Crippen LogP contribution in [0.25, 0.3) is 5.76 Å². The van der Waals surface area contributed by atoms with E-state index in [-0.39, 0.29) is 32.3 Å². The van der Waals surface area contributed by atoms with Gasteiger partial charge in [-0.05, 0) is 30.3 Å². The highest BCUT2D eigenvalue weighted by atomic mass is 35.5. The molecule has 2 aromatic heterocycles. The van der Waals surface area contributed by atoms with Gasteiger partial charge in [-0.2, -0.15) is 0 Å². The van der Waals surface area contributed by atoms with Crippen LogP contribution < -0.4 is 10.1 Å². The molecule has 4 rings (SSSR count). The average molecular weight is 514 g/mol. The van der Waals surface area contributed by atoms with Crippen LogP contribution in [0, 0.1) is 11.6 Å². The molecule has 0 atom stereocenters. The van der Waals surface area contributed by atoms with Crippen molar-refractivity contribution in [3.63, 3.8) is 0 Å². The molecule has 1 aliphatic rings. The second-order valence-electron chi connectivity index (χ2n) is 6.75. The molecule has 0 radical (unpaired) electrons. The van der Waals surface area contributed by atoms with Gasteiger partial charge in [-0.25, -0.2) is 22.2 Å². The minimum Gasteiger partial charge on any atom is -0.504 e. The monoisotopic (exact) mass is 513 g/mol. The molecule has 2 N–H and O–H groups in total. The van der Waals surface area contributed by atoms with Crippen LogP contribution in [0.3, 0.4) is 0 Å². The van der Waals surface area contributed by atoms with Crippen LogP contribution in [0.1, 0.15) is 10.6 Å². The van der Waals surface area contributed by atoms with E-state index in [4.69, 9.17) is 16.3 Å². The number of halogens is 3. The van der Waals surface area contributed by atoms with Gasteiger partial charge in [0.2, 0.25) is 0 Å². The number of rotatable bonds is 5. The van der Waals surface area contributed by atoms with Crippen LogP contribution in [0.2, 0.25) is 4.34 Å². The molecule has 0 spiro atoms. The molecule has 172 valence electrons. The third-order valence-corrected chi connectivity index (χ3v) is 7.78. The van der Waals surface area contributed by atoms with Gasteiger partial charge in [0.15, 0.2) is 23.0 Å². The van der Waals surface area contributed by atoms with Gasteiger partial charge in [0.25, 0.3) is 15.9 Å². The first-order valence-electron chi connectivity index (χ1n) is 9.15. The number of hydrogen-bond donors (Lipinski definition) is 2. The maximum Gasteiger partial charge on any atom is 0.278 e. The molecule has 0 saturated carbocycles. The molecule has 8 nitrogen and oxygen atoms in total. The van der Waals surface area contributed by atoms with E-state index in [0.29, 0.717) is 16.1 Å². The van der Waals surface area contributed by atoms with E-state index >= 15 is 0 Å². The lowest BCUT2D eigenvalue weighted by Gasteiger charge is -2.26. The number of hydrogen-bond acceptors (Lipinski definition) is 7. The lowest BCUT2D eigenvalue weighted by atomic mass is 10.2. The first-order valence-corrected chi connectivity index (χ1v) is 11.8. The summed E-state index contributed by atoms with van der Waals surface area (Å²) in [5.41, 5.74) is -0.204. The summed E-state index contributed by atoms with van der Waals surface area (Å²) in [6, 6.07) is 8.58. The highest BCUT2D eigenvalue weighted by Gasteiger charge is 2.39. The maximum atomic E-state index is 13.7. The number of pyridine rings is 1. The Balaban J connectivity index is 1.55. The number of ether oxygens (including phenoxy) is 1. The van der Waals surface area contributed by atoms with Gasteiger partial charge < -0.3 is 15.2 Å². The Morgan fingerprint density at radius 1 is 1.27 bits per heavy atom. The van der Waals surface area contributed by atoms with Crippen molar-refractivity contribution in [1.29, 1.82) is 0 Å². The molecule has 33 heavy (non-hydrogen) atoms. The van der Waals surface area contributed by atoms with E-state index in [1.54, 1.807) is 6.07 Å². The Bertz CT molecular complexity index is 1410. The number of carbonyl (C=O) groups excluding carboxylic acids is 1. The fourth-order valence-electron chi connectivity index (χ4n) is 3.03. The molecule has 1 aliphatic heterocycles. The molecule has 1 amide bonds. The number of sulfonamides is 1. The van der Waals surface area contributed by atoms with Crippen molar-refractivity contribution in [2.45, 2.75) is 11.5 Å². The van der Waals surface area contributed by atoms with Crippen LogP contribution in [0.4, 0.5) is 14.6 Å². The topological polar surface area (TPSA) is 109 Å². The third kappa shape index (κ3) is 4.36. The van der Waals surface area contributed by atoms with Gasteiger partial charge in [0.1, 0.15) is 23.1 Å². The SMILES string of the molecule is CN1C(C(=O)Nc2cccc(COc3ccc(F)cc3F)n2)=C(O)c2sc(Cl)cc2S1(=O)=O. The summed E-state index contributed by atoms with van der Waals surface area (Å²) in [5.74, 6) is -3.24. The van der Waals surface area contributed by atoms with E-state index in [1.807, 2.05) is 0 Å². The Hall–Kier alpha value is -3.22. The summed E-state index contributed by atoms with van der Waals surface area (Å²) in [5, 5.41) is 13.0. The first kappa shape index (κ1) is 23.0. The number of thiophene rings is 1. The van der Waals surface area contributed by atoms with Gasteiger partial charge in [-0.1, -0.05) is 17.7 Å². The van der Waals surface area contributed by atoms with E-state index in [1.165, 1.54) is 18.2 Å². The molecule has 3 heterocycles. The van der Waals surface area contributed by atoms with E-state index in [0.717, 1.165) is 30.5 Å². The van der Waals surface area contributed by atoms with Crippen molar-refractivity contribution >= 4 is 50.4 Å². The normalized spacial score (nSPS) is 14.7. The van der Waals surface area contributed by atoms with Crippen LogP contribution in [0.5, 0.6) is 5.75 Å². The third-order valence-electron chi connectivity index (χ3n) is 4.59. The average Bonchev–Trinajstić information content (AvgIpc) is 3.15. The lowest BCUT2D eigenvalue weighted by molar-refractivity contribution is -0.113. The predicted molar refractivity (Wildman–Crippen MR) is 117 cm³/mol. The molecule has 1 aromatic carbocycles. The molecule has 3 aromatic rings. The molecular formula is C20H14ClF2N3O5S2. The van der Waals surface area contributed by atoms with Gasteiger partial charge in [-0.15, -0.1) is 11.3 Å². The fourth-order valence-corrected chi connectivity index (χ4v) is 5.97. The Kier molecular flexibility index (Phi) is 5.99. The zero-order valence-electron chi connectivity index (χ0n) is 16.7. The van der Waals surface area contributed by atoms with Crippen molar-refractivity contribution < 1.29 is 31.8 Å². The fraction of sp³-hybridized carbons (Fsp3) is 0.100. The maximum absolute atomic E-state index is 13.7. The second kappa shape index (κ2) is 8.61. The number of aliphatic hydroxyl groups is 1. The minimum absolute atomic E-state index is 0.0294. The van der Waals surface area contributed by atoms with Crippen molar-refractivity contribution in [3.8, 4) is 5.75 Å². The van der Waals surface area contributed by atoms with Gasteiger partial charge in [0.05, 0.1) is 14.9 Å². The number of amides is 1. The smallest absolute Gasteiger partial charge is 0.278 e. The van der Waals surface area contributed by atoms with E-state index < -0.39 is 39.0 Å². The standard InChI is InChI=1S/C20H14ClF2N3O5S2/c1-26-17(18(27)19-14(33(26,29)30)8-15(21)32-19)20(28)25-16-4-2-3-11(24-16)9-31-13-6-5-10(22)7-12(13)23/h2-8,27H,9H2,1H3,(H,24,25,28). The first-order chi connectivity index (χ1) is 15.6. The zero-order valence-corrected chi connectivity index (χ0v) is 19.1. The summed E-state index contributed by atoms with van der Waals surface area (Å²) in [6.07, 6.45) is 0. The Labute approximate surface area is 195 Å². The van der Waals surface area contributed by atoms with Crippen LogP contribution in [0.15, 0.2) is 53.1 Å². The van der Waals surface area contributed by atoms with Gasteiger partial charge in [-0.3, -0.25) is 9.10 Å². The van der Waals surface area contributed by atoms with Crippen molar-refractivity contribution in [3.05, 3.63) is 74.7 Å². The van der Waals surface area contributed by atoms with Crippen molar-refractivity contribution in [2.24, 2.45) is 0 Å². The number of carbonyl (C=O) groups is 1. The Morgan fingerprint density at radius 3 is 2.76 bits per heavy atom. The molecule has 0 fully saturated rings. The number of fused-ring (bicyclic) bond motifs is 1. The van der Waals surface area contributed by atoms with Gasteiger partial charge >= 0.3 is 0 Å². The molecule has 0 unspecified atom stereocenters. The van der Waals surface area contributed by atoms with E-state index in [2.05, 4.69) is 10.3 Å². The quantitative estimate of drug-likeness (QED) is 0.530. The minimum atomic E-state index is -4.10. The summed E-state index contributed by atoms with van der Waals surface area (Å²) >= 11 is 6.72. The lowest BCUT2D eigenvalue weighted by Crippen LogP contribution is -2.36. The molecule has 13 heteroatoms. The molecule has 0 aliphatic carbocycles. The molecule has 0 bridgehead atoms. The van der Waals surface area contributed by atoms with E-state index in [9.17, 15) is 27.1 Å². The number of likely N-dealkylation sites (N-methyl/N-ethyl adjacent to an activating group) is 1. The van der Waals surface area contributed by atoms with Crippen LogP contribution in [-0.4, -0.2) is 35.8 Å². The highest BCUT2D eigenvalue weighted by Crippen LogP contribution is 2.41. The van der Waals surface area contributed by atoms with Gasteiger partial charge in [0, 0.05) is 13.1 Å². The summed E-state index contributed by atoms with van der Waals surface area (Å²) in [6.45, 7) is -0.189. The van der Waals surface area contributed by atoms with Crippen LogP contribution >= 0.6 is 22.9 Å². The summed E-state index contributed by atoms with van der Waals surface area (Å²) in [4.78, 5) is 16.8. The zero-order chi connectivity index (χ0) is 23.9. The summed E-state index contributed by atoms with van der Waals surface area (Å²) < 4.78 is 58.2.